The number of nitro groups is 1. The lowest BCUT2D eigenvalue weighted by Gasteiger charge is -2.22. The van der Waals surface area contributed by atoms with Crippen LogP contribution in [0.2, 0.25) is 0 Å². The van der Waals surface area contributed by atoms with E-state index in [9.17, 15) is 15.4 Å². The number of hydrogen-bond donors (Lipinski definition) is 0. The van der Waals surface area contributed by atoms with Crippen LogP contribution >= 0.6 is 0 Å². The van der Waals surface area contributed by atoms with Gasteiger partial charge in [0, 0.05) is 42.5 Å². The Balaban J connectivity index is 2.42. The van der Waals surface area contributed by atoms with Gasteiger partial charge >= 0.3 is 0 Å². The molecule has 0 atom stereocenters. The van der Waals surface area contributed by atoms with Gasteiger partial charge in [0.1, 0.15) is 5.75 Å². The molecule has 0 unspecified atom stereocenters. The summed E-state index contributed by atoms with van der Waals surface area (Å²) < 4.78 is 5.49. The molecule has 0 saturated heterocycles. The van der Waals surface area contributed by atoms with Crippen LogP contribution in [-0.4, -0.2) is 25.1 Å². The highest BCUT2D eigenvalue weighted by Gasteiger charge is 2.10. The second-order valence-corrected chi connectivity index (χ2v) is 5.57. The number of methoxy groups -OCH3 is 1. The van der Waals surface area contributed by atoms with Crippen LogP contribution in [0.4, 0.5) is 11.4 Å². The highest BCUT2D eigenvalue weighted by molar-refractivity contribution is 5.91. The van der Waals surface area contributed by atoms with Crippen molar-refractivity contribution in [1.82, 2.24) is 0 Å². The van der Waals surface area contributed by atoms with Crippen molar-refractivity contribution < 1.29 is 9.66 Å². The maximum Gasteiger partial charge on any atom is 0.269 e. The topological polar surface area (TPSA) is 79.4 Å². The van der Waals surface area contributed by atoms with E-state index in [-0.39, 0.29) is 5.69 Å². The van der Waals surface area contributed by atoms with Gasteiger partial charge in [-0.25, -0.2) is 0 Å². The number of rotatable bonds is 7. The molecule has 0 heterocycles. The van der Waals surface area contributed by atoms with Gasteiger partial charge in [0.05, 0.1) is 23.7 Å². The van der Waals surface area contributed by atoms with Crippen molar-refractivity contribution in [3.05, 3.63) is 63.7 Å². The van der Waals surface area contributed by atoms with Crippen LogP contribution in [-0.2, 0) is 0 Å². The molecule has 0 fully saturated rings. The number of nitriles is 1. The molecule has 2 aromatic rings. The van der Waals surface area contributed by atoms with Gasteiger partial charge < -0.3 is 9.64 Å². The lowest BCUT2D eigenvalue weighted by atomic mass is 10.0. The minimum Gasteiger partial charge on any atom is -0.496 e. The fourth-order valence-corrected chi connectivity index (χ4v) is 2.70. The van der Waals surface area contributed by atoms with E-state index in [0.717, 1.165) is 24.3 Å². The Hall–Kier alpha value is -3.33. The molecule has 0 aromatic heterocycles. The summed E-state index contributed by atoms with van der Waals surface area (Å²) in [4.78, 5) is 12.5. The number of ether oxygens (including phenoxy) is 1. The summed E-state index contributed by atoms with van der Waals surface area (Å²) in [6, 6.07) is 13.9. The number of anilines is 1. The quantitative estimate of drug-likeness (QED) is 0.317. The lowest BCUT2D eigenvalue weighted by Crippen LogP contribution is -2.21. The van der Waals surface area contributed by atoms with Crippen molar-refractivity contribution in [2.24, 2.45) is 0 Å². The smallest absolute Gasteiger partial charge is 0.269 e. The van der Waals surface area contributed by atoms with Crippen LogP contribution in [0, 0.1) is 21.4 Å². The Morgan fingerprint density at radius 2 is 1.88 bits per heavy atom. The summed E-state index contributed by atoms with van der Waals surface area (Å²) in [7, 11) is 1.59. The molecule has 134 valence electrons. The van der Waals surface area contributed by atoms with Crippen LogP contribution < -0.4 is 9.64 Å². The Bertz CT molecular complexity index is 848. The van der Waals surface area contributed by atoms with Gasteiger partial charge in [-0.3, -0.25) is 10.1 Å². The summed E-state index contributed by atoms with van der Waals surface area (Å²) in [6.45, 7) is 5.96. The molecule has 0 aliphatic rings. The van der Waals surface area contributed by atoms with Crippen LogP contribution in [0.15, 0.2) is 42.5 Å². The van der Waals surface area contributed by atoms with Crippen LogP contribution in [0.1, 0.15) is 25.0 Å². The maximum atomic E-state index is 10.8. The van der Waals surface area contributed by atoms with Gasteiger partial charge in [-0.2, -0.15) is 5.26 Å². The van der Waals surface area contributed by atoms with E-state index in [1.54, 1.807) is 25.3 Å². The maximum absolute atomic E-state index is 10.8. The molecule has 0 amide bonds. The third-order valence-corrected chi connectivity index (χ3v) is 4.16. The molecule has 0 spiro atoms. The van der Waals surface area contributed by atoms with E-state index in [1.165, 1.54) is 12.1 Å². The average molecular weight is 351 g/mol. The number of hydrogen-bond acceptors (Lipinski definition) is 5. The van der Waals surface area contributed by atoms with E-state index in [1.807, 2.05) is 18.2 Å². The second kappa shape index (κ2) is 8.67. The van der Waals surface area contributed by atoms with Gasteiger partial charge in [0.25, 0.3) is 5.69 Å². The zero-order valence-electron chi connectivity index (χ0n) is 15.1. The van der Waals surface area contributed by atoms with Crippen LogP contribution in [0.3, 0.4) is 0 Å². The molecule has 0 N–H and O–H groups in total. The second-order valence-electron chi connectivity index (χ2n) is 5.57. The van der Waals surface area contributed by atoms with Gasteiger partial charge in [0.15, 0.2) is 0 Å². The Morgan fingerprint density at radius 1 is 1.23 bits per heavy atom. The van der Waals surface area contributed by atoms with E-state index in [0.29, 0.717) is 16.9 Å². The SMILES string of the molecule is CCN(CC)c1ccc(C=C(C#N)c2ccc([N+](=O)[O-])cc2)c(OC)c1. The summed E-state index contributed by atoms with van der Waals surface area (Å²) in [5.74, 6) is 0.670. The molecule has 0 aliphatic carbocycles. The average Bonchev–Trinajstić information content (AvgIpc) is 2.67. The zero-order chi connectivity index (χ0) is 19.1. The van der Waals surface area contributed by atoms with Crippen molar-refractivity contribution in [2.45, 2.75) is 13.8 Å². The van der Waals surface area contributed by atoms with Gasteiger partial charge in [-0.1, -0.05) is 0 Å². The molecular weight excluding hydrogens is 330 g/mol. The first-order chi connectivity index (χ1) is 12.5. The number of nitro benzene ring substituents is 1. The molecule has 0 bridgehead atoms. The van der Waals surface area contributed by atoms with Gasteiger partial charge in [-0.05, 0) is 49.8 Å². The predicted molar refractivity (Wildman–Crippen MR) is 103 cm³/mol. The van der Waals surface area contributed by atoms with E-state index in [2.05, 4.69) is 24.8 Å². The molecule has 2 aromatic carbocycles. The molecule has 0 radical (unpaired) electrons. The minimum absolute atomic E-state index is 0.00723. The summed E-state index contributed by atoms with van der Waals surface area (Å²) >= 11 is 0. The Kier molecular flexibility index (Phi) is 6.34. The van der Waals surface area contributed by atoms with Crippen molar-refractivity contribution in [2.75, 3.05) is 25.1 Å². The Morgan fingerprint density at radius 3 is 2.38 bits per heavy atom. The predicted octanol–water partition coefficient (Wildman–Crippen LogP) is 4.51. The summed E-state index contributed by atoms with van der Waals surface area (Å²) in [5, 5.41) is 20.3. The van der Waals surface area contributed by atoms with E-state index < -0.39 is 4.92 Å². The fraction of sp³-hybridized carbons (Fsp3) is 0.250. The lowest BCUT2D eigenvalue weighted by molar-refractivity contribution is -0.384. The first kappa shape index (κ1) is 19.0. The van der Waals surface area contributed by atoms with Crippen molar-refractivity contribution in [1.29, 1.82) is 5.26 Å². The highest BCUT2D eigenvalue weighted by atomic mass is 16.6. The van der Waals surface area contributed by atoms with Gasteiger partial charge in [-0.15, -0.1) is 0 Å². The Labute approximate surface area is 153 Å². The molecule has 0 aliphatic heterocycles. The third kappa shape index (κ3) is 4.19. The first-order valence-corrected chi connectivity index (χ1v) is 8.33. The number of benzene rings is 2. The third-order valence-electron chi connectivity index (χ3n) is 4.16. The molecule has 0 saturated carbocycles. The van der Waals surface area contributed by atoms with Crippen LogP contribution in [0.25, 0.3) is 11.6 Å². The largest absolute Gasteiger partial charge is 0.496 e. The monoisotopic (exact) mass is 351 g/mol. The minimum atomic E-state index is -0.464. The molecule has 6 heteroatoms. The van der Waals surface area contributed by atoms with Crippen molar-refractivity contribution in [3.63, 3.8) is 0 Å². The van der Waals surface area contributed by atoms with Gasteiger partial charge in [0.2, 0.25) is 0 Å². The summed E-state index contributed by atoms with van der Waals surface area (Å²) in [5.41, 5.74) is 2.85. The first-order valence-electron chi connectivity index (χ1n) is 8.33. The number of nitrogens with zero attached hydrogens (tertiary/aromatic N) is 3. The molecule has 6 nitrogen and oxygen atoms in total. The normalized spacial score (nSPS) is 10.9. The highest BCUT2D eigenvalue weighted by Crippen LogP contribution is 2.29. The standard InChI is InChI=1S/C20H21N3O3/c1-4-22(5-2)19-11-8-16(20(13-19)26-3)12-17(14-21)15-6-9-18(10-7-15)23(24)25/h6-13H,4-5H2,1-3H3. The number of allylic oxidation sites excluding steroid dienone is 1. The number of non-ortho nitro benzene ring substituents is 1. The molecule has 2 rings (SSSR count). The fourth-order valence-electron chi connectivity index (χ4n) is 2.70. The van der Waals surface area contributed by atoms with Crippen molar-refractivity contribution >= 4 is 23.0 Å². The van der Waals surface area contributed by atoms with Crippen molar-refractivity contribution in [3.8, 4) is 11.8 Å². The van der Waals surface area contributed by atoms with E-state index >= 15 is 0 Å². The molecular formula is C20H21N3O3. The van der Waals surface area contributed by atoms with Crippen LogP contribution in [0.5, 0.6) is 5.75 Å². The zero-order valence-corrected chi connectivity index (χ0v) is 15.1. The van der Waals surface area contributed by atoms with E-state index in [4.69, 9.17) is 4.74 Å². The molecule has 26 heavy (non-hydrogen) atoms. The summed E-state index contributed by atoms with van der Waals surface area (Å²) in [6.07, 6.45) is 1.73.